The van der Waals surface area contributed by atoms with E-state index in [4.69, 9.17) is 5.73 Å². The van der Waals surface area contributed by atoms with Crippen molar-refractivity contribution in [1.82, 2.24) is 10.2 Å². The minimum atomic E-state index is -0.589. The lowest BCUT2D eigenvalue weighted by Crippen LogP contribution is -2.40. The Bertz CT molecular complexity index is 179. The van der Waals surface area contributed by atoms with E-state index >= 15 is 0 Å². The van der Waals surface area contributed by atoms with E-state index in [9.17, 15) is 9.59 Å². The third kappa shape index (κ3) is 3.96. The van der Waals surface area contributed by atoms with E-state index in [0.717, 1.165) is 6.08 Å². The summed E-state index contributed by atoms with van der Waals surface area (Å²) < 4.78 is 0. The third-order valence-electron chi connectivity index (χ3n) is 1.05. The van der Waals surface area contributed by atoms with Crippen molar-refractivity contribution in [2.75, 3.05) is 13.7 Å². The van der Waals surface area contributed by atoms with Gasteiger partial charge in [0.05, 0.1) is 6.67 Å². The van der Waals surface area contributed by atoms with E-state index in [2.05, 4.69) is 11.9 Å². The van der Waals surface area contributed by atoms with Gasteiger partial charge in [0.2, 0.25) is 5.91 Å². The van der Waals surface area contributed by atoms with Crippen LogP contribution in [0.1, 0.15) is 0 Å². The molecule has 62 valence electrons. The fourth-order valence-corrected chi connectivity index (χ4v) is 0.347. The molecule has 0 heterocycles. The first-order valence-electron chi connectivity index (χ1n) is 2.98. The lowest BCUT2D eigenvalue weighted by molar-refractivity contribution is -0.116. The van der Waals surface area contributed by atoms with Crippen LogP contribution in [0.4, 0.5) is 4.79 Å². The van der Waals surface area contributed by atoms with Crippen LogP contribution in [0.25, 0.3) is 0 Å². The number of nitrogens with zero attached hydrogens (tertiary/aromatic N) is 1. The van der Waals surface area contributed by atoms with E-state index in [-0.39, 0.29) is 12.6 Å². The van der Waals surface area contributed by atoms with E-state index in [0.29, 0.717) is 0 Å². The van der Waals surface area contributed by atoms with Gasteiger partial charge in [-0.05, 0) is 6.08 Å². The first kappa shape index (κ1) is 9.48. The molecule has 0 saturated carbocycles. The number of nitrogens with one attached hydrogen (secondary N) is 1. The SMILES string of the molecule is C=CC(=O)NCN(C)C(N)=O. The average molecular weight is 157 g/mol. The molecule has 0 aromatic carbocycles. The first-order valence-corrected chi connectivity index (χ1v) is 2.98. The number of carbonyl (C=O) groups excluding carboxylic acids is 2. The molecule has 0 aliphatic heterocycles. The molecule has 5 nitrogen and oxygen atoms in total. The first-order chi connectivity index (χ1) is 5.07. The maximum Gasteiger partial charge on any atom is 0.315 e. The maximum absolute atomic E-state index is 10.5. The third-order valence-corrected chi connectivity index (χ3v) is 1.05. The summed E-state index contributed by atoms with van der Waals surface area (Å²) in [7, 11) is 1.48. The minimum Gasteiger partial charge on any atom is -0.351 e. The number of hydrogen-bond acceptors (Lipinski definition) is 2. The number of primary amides is 1. The van der Waals surface area contributed by atoms with Crippen molar-refractivity contribution in [1.29, 1.82) is 0 Å². The zero-order valence-corrected chi connectivity index (χ0v) is 6.33. The molecular formula is C6H11N3O2. The Labute approximate surface area is 64.8 Å². The van der Waals surface area contributed by atoms with Crippen molar-refractivity contribution in [2.24, 2.45) is 5.73 Å². The highest BCUT2D eigenvalue weighted by Gasteiger charge is 2.01. The van der Waals surface area contributed by atoms with Crippen LogP contribution in [0, 0.1) is 0 Å². The fraction of sp³-hybridized carbons (Fsp3) is 0.333. The molecule has 0 saturated heterocycles. The van der Waals surface area contributed by atoms with Gasteiger partial charge in [-0.1, -0.05) is 6.58 Å². The molecule has 0 aliphatic carbocycles. The normalized spacial score (nSPS) is 8.45. The molecule has 3 N–H and O–H groups in total. The molecule has 0 bridgehead atoms. The molecule has 0 unspecified atom stereocenters. The minimum absolute atomic E-state index is 0.0974. The molecule has 0 aromatic heterocycles. The average Bonchev–Trinajstić information content (AvgIpc) is 1.99. The Morgan fingerprint density at radius 3 is 2.64 bits per heavy atom. The number of rotatable bonds is 3. The zero-order chi connectivity index (χ0) is 8.85. The smallest absolute Gasteiger partial charge is 0.315 e. The monoisotopic (exact) mass is 157 g/mol. The Balaban J connectivity index is 3.62. The van der Waals surface area contributed by atoms with Crippen LogP contribution in [0.5, 0.6) is 0 Å². The highest BCUT2D eigenvalue weighted by atomic mass is 16.2. The summed E-state index contributed by atoms with van der Waals surface area (Å²) in [6.45, 7) is 3.33. The predicted molar refractivity (Wildman–Crippen MR) is 40.6 cm³/mol. The Morgan fingerprint density at radius 1 is 1.73 bits per heavy atom. The summed E-state index contributed by atoms with van der Waals surface area (Å²) in [5, 5.41) is 2.38. The number of hydrogen-bond donors (Lipinski definition) is 2. The Morgan fingerprint density at radius 2 is 2.27 bits per heavy atom. The van der Waals surface area contributed by atoms with Crippen LogP contribution in [0.3, 0.4) is 0 Å². The summed E-state index contributed by atoms with van der Waals surface area (Å²) in [4.78, 5) is 22.1. The van der Waals surface area contributed by atoms with Crippen LogP contribution >= 0.6 is 0 Å². The van der Waals surface area contributed by atoms with Crippen LogP contribution in [0.2, 0.25) is 0 Å². The summed E-state index contributed by atoms with van der Waals surface area (Å²) in [5.41, 5.74) is 4.87. The van der Waals surface area contributed by atoms with Crippen LogP contribution in [-0.2, 0) is 4.79 Å². The van der Waals surface area contributed by atoms with Gasteiger partial charge in [0, 0.05) is 7.05 Å². The fourth-order valence-electron chi connectivity index (χ4n) is 0.347. The van der Waals surface area contributed by atoms with Crippen molar-refractivity contribution < 1.29 is 9.59 Å². The lowest BCUT2D eigenvalue weighted by Gasteiger charge is -2.13. The molecule has 3 amide bonds. The van der Waals surface area contributed by atoms with Gasteiger partial charge in [-0.15, -0.1) is 0 Å². The molecule has 0 aliphatic rings. The molecule has 0 radical (unpaired) electrons. The van der Waals surface area contributed by atoms with Gasteiger partial charge < -0.3 is 16.0 Å². The van der Waals surface area contributed by atoms with E-state index < -0.39 is 6.03 Å². The van der Waals surface area contributed by atoms with Gasteiger partial charge in [-0.3, -0.25) is 4.79 Å². The topological polar surface area (TPSA) is 75.4 Å². The van der Waals surface area contributed by atoms with Crippen molar-refractivity contribution >= 4 is 11.9 Å². The number of nitrogens with two attached hydrogens (primary N) is 1. The molecule has 11 heavy (non-hydrogen) atoms. The second kappa shape index (κ2) is 4.32. The molecular weight excluding hydrogens is 146 g/mol. The van der Waals surface area contributed by atoms with Crippen molar-refractivity contribution in [3.8, 4) is 0 Å². The van der Waals surface area contributed by atoms with E-state index in [1.807, 2.05) is 0 Å². The van der Waals surface area contributed by atoms with Crippen molar-refractivity contribution in [2.45, 2.75) is 0 Å². The second-order valence-electron chi connectivity index (χ2n) is 1.94. The van der Waals surface area contributed by atoms with Crippen LogP contribution in [-0.4, -0.2) is 30.6 Å². The van der Waals surface area contributed by atoms with Gasteiger partial charge in [0.15, 0.2) is 0 Å². The number of carbonyl (C=O) groups is 2. The standard InChI is InChI=1S/C6H11N3O2/c1-3-5(10)8-4-9(2)6(7)11/h3H,1,4H2,2H3,(H2,7,11)(H,8,10). The van der Waals surface area contributed by atoms with Crippen LogP contribution < -0.4 is 11.1 Å². The summed E-state index contributed by atoms with van der Waals surface area (Å²) in [6.07, 6.45) is 1.12. The molecule has 5 heteroatoms. The molecule has 0 aromatic rings. The lowest BCUT2D eigenvalue weighted by atomic mass is 10.6. The second-order valence-corrected chi connectivity index (χ2v) is 1.94. The van der Waals surface area contributed by atoms with Gasteiger partial charge in [0.25, 0.3) is 0 Å². The predicted octanol–water partition coefficient (Wildman–Crippen LogP) is -0.743. The quantitative estimate of drug-likeness (QED) is 0.418. The summed E-state index contributed by atoms with van der Waals surface area (Å²) in [5.74, 6) is -0.335. The van der Waals surface area contributed by atoms with Gasteiger partial charge in [0.1, 0.15) is 0 Å². The van der Waals surface area contributed by atoms with Gasteiger partial charge in [-0.25, -0.2) is 4.79 Å². The largest absolute Gasteiger partial charge is 0.351 e. The summed E-state index contributed by atoms with van der Waals surface area (Å²) >= 11 is 0. The van der Waals surface area contributed by atoms with Crippen molar-refractivity contribution in [3.63, 3.8) is 0 Å². The highest BCUT2D eigenvalue weighted by molar-refractivity contribution is 5.87. The maximum atomic E-state index is 10.5. The van der Waals surface area contributed by atoms with Gasteiger partial charge in [-0.2, -0.15) is 0 Å². The number of amides is 3. The van der Waals surface area contributed by atoms with Crippen LogP contribution in [0.15, 0.2) is 12.7 Å². The number of urea groups is 1. The zero-order valence-electron chi connectivity index (χ0n) is 6.33. The highest BCUT2D eigenvalue weighted by Crippen LogP contribution is 1.76. The van der Waals surface area contributed by atoms with Crippen molar-refractivity contribution in [3.05, 3.63) is 12.7 Å². The molecule has 0 rings (SSSR count). The Kier molecular flexibility index (Phi) is 3.72. The van der Waals surface area contributed by atoms with E-state index in [1.54, 1.807) is 0 Å². The Hall–Kier alpha value is -1.52. The van der Waals surface area contributed by atoms with Gasteiger partial charge >= 0.3 is 6.03 Å². The molecule has 0 atom stereocenters. The van der Waals surface area contributed by atoms with E-state index in [1.165, 1.54) is 11.9 Å². The molecule has 0 spiro atoms. The summed E-state index contributed by atoms with van der Waals surface area (Å²) in [6, 6.07) is -0.589. The molecule has 0 fully saturated rings.